The summed E-state index contributed by atoms with van der Waals surface area (Å²) in [6.45, 7) is 2.21. The maximum atomic E-state index is 13.2. The summed E-state index contributed by atoms with van der Waals surface area (Å²) in [6.07, 6.45) is 4.26. The molecule has 4 heteroatoms. The molecule has 1 saturated carbocycles. The van der Waals surface area contributed by atoms with Gasteiger partial charge in [0.05, 0.1) is 6.54 Å². The van der Waals surface area contributed by atoms with Crippen molar-refractivity contribution in [2.24, 2.45) is 0 Å². The van der Waals surface area contributed by atoms with Gasteiger partial charge in [-0.1, -0.05) is 61.4 Å². The van der Waals surface area contributed by atoms with Gasteiger partial charge in [0, 0.05) is 18.7 Å². The molecular weight excluding hydrogens is 324 g/mol. The van der Waals surface area contributed by atoms with Crippen molar-refractivity contribution in [1.29, 1.82) is 0 Å². The number of amides is 2. The summed E-state index contributed by atoms with van der Waals surface area (Å²) in [5.74, 6) is -0.0554. The molecule has 26 heavy (non-hydrogen) atoms. The fourth-order valence-corrected chi connectivity index (χ4v) is 3.64. The topological polar surface area (TPSA) is 40.6 Å². The van der Waals surface area contributed by atoms with E-state index < -0.39 is 0 Å². The van der Waals surface area contributed by atoms with Crippen LogP contribution in [0.4, 0.5) is 5.69 Å². The Kier molecular flexibility index (Phi) is 6.05. The first-order chi connectivity index (χ1) is 12.6. The molecule has 0 radical (unpaired) electrons. The molecule has 4 nitrogen and oxygen atoms in total. The average molecular weight is 350 g/mol. The summed E-state index contributed by atoms with van der Waals surface area (Å²) in [5.41, 5.74) is 1.93. The van der Waals surface area contributed by atoms with Crippen molar-refractivity contribution < 1.29 is 9.59 Å². The minimum absolute atomic E-state index is 0.0158. The summed E-state index contributed by atoms with van der Waals surface area (Å²) >= 11 is 0. The number of carbonyl (C=O) groups is 2. The van der Waals surface area contributed by atoms with Crippen LogP contribution in [0.2, 0.25) is 0 Å². The number of hydrogen-bond acceptors (Lipinski definition) is 2. The number of rotatable bonds is 6. The summed E-state index contributed by atoms with van der Waals surface area (Å²) in [7, 11) is 0. The van der Waals surface area contributed by atoms with Gasteiger partial charge in [-0.05, 0) is 30.5 Å². The van der Waals surface area contributed by atoms with Crippen LogP contribution in [-0.2, 0) is 16.1 Å². The molecule has 0 bridgehead atoms. The normalized spacial score (nSPS) is 14.2. The van der Waals surface area contributed by atoms with Crippen LogP contribution < -0.4 is 4.90 Å². The number of nitrogens with zero attached hydrogens (tertiary/aromatic N) is 2. The highest BCUT2D eigenvalue weighted by Crippen LogP contribution is 2.24. The van der Waals surface area contributed by atoms with Gasteiger partial charge in [-0.2, -0.15) is 0 Å². The maximum absolute atomic E-state index is 13.2. The van der Waals surface area contributed by atoms with E-state index in [1.54, 1.807) is 16.7 Å². The Morgan fingerprint density at radius 1 is 0.923 bits per heavy atom. The van der Waals surface area contributed by atoms with E-state index in [1.165, 1.54) is 0 Å². The molecule has 2 amide bonds. The third-order valence-corrected chi connectivity index (χ3v) is 5.03. The second-order valence-electron chi connectivity index (χ2n) is 6.89. The second-order valence-corrected chi connectivity index (χ2v) is 6.89. The molecule has 0 aromatic heterocycles. The van der Waals surface area contributed by atoms with Gasteiger partial charge in [0.15, 0.2) is 0 Å². The van der Waals surface area contributed by atoms with Gasteiger partial charge in [-0.3, -0.25) is 9.59 Å². The molecule has 136 valence electrons. The zero-order valence-electron chi connectivity index (χ0n) is 15.3. The Hall–Kier alpha value is -2.62. The van der Waals surface area contributed by atoms with Crippen LogP contribution in [0, 0.1) is 0 Å². The first-order valence-corrected chi connectivity index (χ1v) is 9.31. The van der Waals surface area contributed by atoms with E-state index in [4.69, 9.17) is 0 Å². The third-order valence-electron chi connectivity index (χ3n) is 5.03. The second kappa shape index (κ2) is 8.65. The molecule has 0 unspecified atom stereocenters. The zero-order valence-corrected chi connectivity index (χ0v) is 15.3. The highest BCUT2D eigenvalue weighted by atomic mass is 16.2. The van der Waals surface area contributed by atoms with E-state index in [9.17, 15) is 9.59 Å². The Labute approximate surface area is 155 Å². The summed E-state index contributed by atoms with van der Waals surface area (Å²) in [5, 5.41) is 0. The van der Waals surface area contributed by atoms with Crippen molar-refractivity contribution in [3.63, 3.8) is 0 Å². The molecule has 3 rings (SSSR count). The van der Waals surface area contributed by atoms with Crippen LogP contribution in [0.5, 0.6) is 0 Å². The standard InChI is InChI=1S/C22H26N2O2/c1-18(25)23(20-14-8-9-15-20)17-22(26)24(21-12-6-3-7-13-21)16-19-10-4-2-5-11-19/h2-7,10-13,20H,8-9,14-17H2,1H3. The molecule has 2 aromatic carbocycles. The first kappa shape index (κ1) is 18.2. The molecule has 0 N–H and O–H groups in total. The van der Waals surface area contributed by atoms with Crippen molar-refractivity contribution in [3.05, 3.63) is 66.2 Å². The van der Waals surface area contributed by atoms with E-state index in [-0.39, 0.29) is 24.4 Å². The van der Waals surface area contributed by atoms with Gasteiger partial charge < -0.3 is 9.80 Å². The molecule has 0 spiro atoms. The number of anilines is 1. The van der Waals surface area contributed by atoms with Crippen molar-refractivity contribution in [2.75, 3.05) is 11.4 Å². The number of benzene rings is 2. The highest BCUT2D eigenvalue weighted by Gasteiger charge is 2.28. The SMILES string of the molecule is CC(=O)N(CC(=O)N(Cc1ccccc1)c1ccccc1)C1CCCC1. The van der Waals surface area contributed by atoms with Gasteiger partial charge in [0.25, 0.3) is 0 Å². The smallest absolute Gasteiger partial charge is 0.246 e. The Morgan fingerprint density at radius 2 is 1.50 bits per heavy atom. The number of para-hydroxylation sites is 1. The van der Waals surface area contributed by atoms with Gasteiger partial charge in [-0.15, -0.1) is 0 Å². The Balaban J connectivity index is 1.80. The molecule has 1 aliphatic rings. The summed E-state index contributed by atoms with van der Waals surface area (Å²) in [6, 6.07) is 19.8. The van der Waals surface area contributed by atoms with E-state index in [1.807, 2.05) is 60.7 Å². The number of carbonyl (C=O) groups excluding carboxylic acids is 2. The minimum Gasteiger partial charge on any atom is -0.331 e. The van der Waals surface area contributed by atoms with E-state index in [2.05, 4.69) is 0 Å². The maximum Gasteiger partial charge on any atom is 0.246 e. The fourth-order valence-electron chi connectivity index (χ4n) is 3.64. The van der Waals surface area contributed by atoms with E-state index >= 15 is 0 Å². The predicted molar refractivity (Wildman–Crippen MR) is 104 cm³/mol. The van der Waals surface area contributed by atoms with Crippen LogP contribution >= 0.6 is 0 Å². The molecule has 0 aliphatic heterocycles. The Bertz CT molecular complexity index is 724. The lowest BCUT2D eigenvalue weighted by molar-refractivity contribution is -0.135. The van der Waals surface area contributed by atoms with E-state index in [0.29, 0.717) is 6.54 Å². The quantitative estimate of drug-likeness (QED) is 0.790. The summed E-state index contributed by atoms with van der Waals surface area (Å²) in [4.78, 5) is 28.8. The monoisotopic (exact) mass is 350 g/mol. The molecular formula is C22H26N2O2. The van der Waals surface area contributed by atoms with Gasteiger partial charge >= 0.3 is 0 Å². The minimum atomic E-state index is -0.0397. The van der Waals surface area contributed by atoms with Gasteiger partial charge in [0.1, 0.15) is 6.54 Å². The van der Waals surface area contributed by atoms with Crippen molar-refractivity contribution in [3.8, 4) is 0 Å². The Morgan fingerprint density at radius 3 is 2.08 bits per heavy atom. The average Bonchev–Trinajstić information content (AvgIpc) is 3.19. The first-order valence-electron chi connectivity index (χ1n) is 9.31. The van der Waals surface area contributed by atoms with E-state index in [0.717, 1.165) is 36.9 Å². The largest absolute Gasteiger partial charge is 0.331 e. The lowest BCUT2D eigenvalue weighted by Gasteiger charge is -2.31. The molecule has 1 aliphatic carbocycles. The highest BCUT2D eigenvalue weighted by molar-refractivity contribution is 5.96. The zero-order chi connectivity index (χ0) is 18.4. The lowest BCUT2D eigenvalue weighted by Crippen LogP contribution is -2.46. The molecule has 2 aromatic rings. The van der Waals surface area contributed by atoms with Gasteiger partial charge in [-0.25, -0.2) is 0 Å². The molecule has 0 heterocycles. The number of hydrogen-bond donors (Lipinski definition) is 0. The van der Waals surface area contributed by atoms with Gasteiger partial charge in [0.2, 0.25) is 11.8 Å². The van der Waals surface area contributed by atoms with Crippen LogP contribution in [0.3, 0.4) is 0 Å². The predicted octanol–water partition coefficient (Wildman–Crippen LogP) is 4.01. The van der Waals surface area contributed by atoms with Crippen LogP contribution in [0.1, 0.15) is 38.2 Å². The van der Waals surface area contributed by atoms with Crippen molar-refractivity contribution in [2.45, 2.75) is 45.2 Å². The molecule has 0 atom stereocenters. The van der Waals surface area contributed by atoms with Crippen molar-refractivity contribution in [1.82, 2.24) is 4.90 Å². The molecule has 0 saturated heterocycles. The molecule has 1 fully saturated rings. The third kappa shape index (κ3) is 4.51. The summed E-state index contributed by atoms with van der Waals surface area (Å²) < 4.78 is 0. The van der Waals surface area contributed by atoms with Crippen LogP contribution in [0.25, 0.3) is 0 Å². The lowest BCUT2D eigenvalue weighted by atomic mass is 10.1. The van der Waals surface area contributed by atoms with Crippen LogP contribution in [0.15, 0.2) is 60.7 Å². The van der Waals surface area contributed by atoms with Crippen molar-refractivity contribution >= 4 is 17.5 Å². The van der Waals surface area contributed by atoms with Crippen LogP contribution in [-0.4, -0.2) is 29.3 Å². The fraction of sp³-hybridized carbons (Fsp3) is 0.364.